The number of nitrogens with two attached hydrogens (primary N) is 2. The quantitative estimate of drug-likeness (QED) is 0.639. The molecule has 0 bridgehead atoms. The summed E-state index contributed by atoms with van der Waals surface area (Å²) in [6, 6.07) is 8.61. The van der Waals surface area contributed by atoms with Crippen molar-refractivity contribution in [3.8, 4) is 5.69 Å². The molecule has 1 heterocycles. The van der Waals surface area contributed by atoms with E-state index in [-0.39, 0.29) is 18.0 Å². The second kappa shape index (κ2) is 5.94. The van der Waals surface area contributed by atoms with Crippen molar-refractivity contribution in [3.05, 3.63) is 42.2 Å². The van der Waals surface area contributed by atoms with Crippen molar-refractivity contribution in [2.45, 2.75) is 0 Å². The largest absolute Gasteiger partial charge is 0.397 e. The van der Waals surface area contributed by atoms with Gasteiger partial charge in [0, 0.05) is 12.7 Å². The molecule has 1 aromatic carbocycles. The smallest absolute Gasteiger partial charge is 0.271 e. The zero-order chi connectivity index (χ0) is 15.5. The summed E-state index contributed by atoms with van der Waals surface area (Å²) < 4.78 is 23.0. The SMILES string of the molecule is Nc1ccccc1-n1ccc(C(=O)NCCS(N)(=O)=O)n1. The molecule has 9 heteroatoms. The molecule has 0 spiro atoms. The molecule has 0 radical (unpaired) electrons. The van der Waals surface area contributed by atoms with E-state index in [1.807, 2.05) is 0 Å². The average molecular weight is 309 g/mol. The molecule has 0 saturated heterocycles. The molecule has 0 unspecified atom stereocenters. The van der Waals surface area contributed by atoms with Crippen molar-refractivity contribution in [2.24, 2.45) is 5.14 Å². The van der Waals surface area contributed by atoms with E-state index in [1.165, 1.54) is 10.7 Å². The van der Waals surface area contributed by atoms with E-state index in [0.29, 0.717) is 11.4 Å². The fourth-order valence-electron chi connectivity index (χ4n) is 1.67. The Morgan fingerprint density at radius 1 is 1.29 bits per heavy atom. The maximum Gasteiger partial charge on any atom is 0.271 e. The van der Waals surface area contributed by atoms with Crippen molar-refractivity contribution in [3.63, 3.8) is 0 Å². The van der Waals surface area contributed by atoms with Gasteiger partial charge in [0.05, 0.1) is 17.1 Å². The summed E-state index contributed by atoms with van der Waals surface area (Å²) in [6.07, 6.45) is 1.60. The highest BCUT2D eigenvalue weighted by atomic mass is 32.2. The Morgan fingerprint density at radius 2 is 2.00 bits per heavy atom. The Morgan fingerprint density at radius 3 is 2.67 bits per heavy atom. The van der Waals surface area contributed by atoms with Crippen molar-refractivity contribution in [2.75, 3.05) is 18.0 Å². The molecule has 112 valence electrons. The lowest BCUT2D eigenvalue weighted by Gasteiger charge is -2.04. The summed E-state index contributed by atoms with van der Waals surface area (Å²) in [4.78, 5) is 11.8. The molecule has 2 aromatic rings. The molecule has 21 heavy (non-hydrogen) atoms. The van der Waals surface area contributed by atoms with Gasteiger partial charge < -0.3 is 11.1 Å². The van der Waals surface area contributed by atoms with Crippen LogP contribution in [0.2, 0.25) is 0 Å². The number of para-hydroxylation sites is 2. The van der Waals surface area contributed by atoms with Gasteiger partial charge >= 0.3 is 0 Å². The number of hydrogen-bond acceptors (Lipinski definition) is 5. The van der Waals surface area contributed by atoms with Gasteiger partial charge in [0.1, 0.15) is 0 Å². The van der Waals surface area contributed by atoms with Gasteiger partial charge in [-0.15, -0.1) is 0 Å². The highest BCUT2D eigenvalue weighted by Crippen LogP contribution is 2.15. The third-order valence-electron chi connectivity index (χ3n) is 2.68. The van der Waals surface area contributed by atoms with Crippen LogP contribution in [0, 0.1) is 0 Å². The molecule has 8 nitrogen and oxygen atoms in total. The average Bonchev–Trinajstić information content (AvgIpc) is 2.87. The minimum atomic E-state index is -3.60. The maximum absolute atomic E-state index is 11.8. The molecule has 1 aromatic heterocycles. The first-order chi connectivity index (χ1) is 9.87. The Labute approximate surface area is 121 Å². The zero-order valence-electron chi connectivity index (χ0n) is 11.1. The van der Waals surface area contributed by atoms with Crippen LogP contribution in [0.5, 0.6) is 0 Å². The van der Waals surface area contributed by atoms with Gasteiger partial charge in [0.15, 0.2) is 5.69 Å². The van der Waals surface area contributed by atoms with Crippen LogP contribution in [0.3, 0.4) is 0 Å². The molecule has 0 saturated carbocycles. The number of aromatic nitrogens is 2. The van der Waals surface area contributed by atoms with Gasteiger partial charge in [0.25, 0.3) is 5.91 Å². The maximum atomic E-state index is 11.8. The molecule has 5 N–H and O–H groups in total. The molecular formula is C12H15N5O3S. The third kappa shape index (κ3) is 4.04. The number of nitrogens with one attached hydrogen (secondary N) is 1. The monoisotopic (exact) mass is 309 g/mol. The minimum Gasteiger partial charge on any atom is -0.397 e. The van der Waals surface area contributed by atoms with E-state index >= 15 is 0 Å². The fraction of sp³-hybridized carbons (Fsp3) is 0.167. The Kier molecular flexibility index (Phi) is 4.24. The summed E-state index contributed by atoms with van der Waals surface area (Å²) in [5.74, 6) is -0.808. The standard InChI is InChI=1S/C12H15N5O3S/c13-9-3-1-2-4-11(9)17-7-5-10(16-17)12(18)15-6-8-21(14,19)20/h1-5,7H,6,8,13H2,(H,15,18)(H2,14,19,20). The summed E-state index contributed by atoms with van der Waals surface area (Å²) >= 11 is 0. The molecular weight excluding hydrogens is 294 g/mol. The van der Waals surface area contributed by atoms with Gasteiger partial charge in [0.2, 0.25) is 10.0 Å². The van der Waals surface area contributed by atoms with E-state index in [2.05, 4.69) is 10.4 Å². The van der Waals surface area contributed by atoms with Gasteiger partial charge in [-0.25, -0.2) is 18.2 Å². The van der Waals surface area contributed by atoms with E-state index < -0.39 is 15.9 Å². The molecule has 1 amide bonds. The lowest BCUT2D eigenvalue weighted by atomic mass is 10.3. The molecule has 2 rings (SSSR count). The number of carbonyl (C=O) groups is 1. The molecule has 0 aliphatic rings. The first-order valence-corrected chi connectivity index (χ1v) is 7.77. The summed E-state index contributed by atoms with van der Waals surface area (Å²) in [7, 11) is -3.60. The van der Waals surface area contributed by atoms with Crippen LogP contribution in [-0.2, 0) is 10.0 Å². The first kappa shape index (κ1) is 15.0. The Bertz CT molecular complexity index is 754. The van der Waals surface area contributed by atoms with Crippen molar-refractivity contribution in [1.29, 1.82) is 0 Å². The van der Waals surface area contributed by atoms with Crippen molar-refractivity contribution < 1.29 is 13.2 Å². The number of benzene rings is 1. The third-order valence-corrected chi connectivity index (χ3v) is 3.45. The van der Waals surface area contributed by atoms with Crippen LogP contribution in [0.4, 0.5) is 5.69 Å². The number of amides is 1. The lowest BCUT2D eigenvalue weighted by Crippen LogP contribution is -2.31. The Hall–Kier alpha value is -2.39. The fourth-order valence-corrected chi connectivity index (χ4v) is 2.06. The number of primary sulfonamides is 1. The molecule has 0 atom stereocenters. The van der Waals surface area contributed by atoms with E-state index in [0.717, 1.165) is 0 Å². The molecule has 0 aliphatic carbocycles. The number of hydrogen-bond donors (Lipinski definition) is 3. The van der Waals surface area contributed by atoms with Gasteiger partial charge in [-0.1, -0.05) is 12.1 Å². The summed E-state index contributed by atoms with van der Waals surface area (Å²) in [5.41, 5.74) is 7.17. The van der Waals surface area contributed by atoms with Crippen LogP contribution in [0.25, 0.3) is 5.69 Å². The number of rotatable bonds is 5. The predicted octanol–water partition coefficient (Wildman–Crippen LogP) is -0.527. The van der Waals surface area contributed by atoms with Crippen LogP contribution < -0.4 is 16.2 Å². The molecule has 0 aliphatic heterocycles. The topological polar surface area (TPSA) is 133 Å². The number of anilines is 1. The van der Waals surface area contributed by atoms with Crippen molar-refractivity contribution >= 4 is 21.6 Å². The predicted molar refractivity (Wildman–Crippen MR) is 78.3 cm³/mol. The minimum absolute atomic E-state index is 0.0714. The van der Waals surface area contributed by atoms with Gasteiger partial charge in [-0.05, 0) is 18.2 Å². The lowest BCUT2D eigenvalue weighted by molar-refractivity contribution is 0.0950. The van der Waals surface area contributed by atoms with Crippen LogP contribution in [0.15, 0.2) is 36.5 Å². The highest BCUT2D eigenvalue weighted by Gasteiger charge is 2.12. The highest BCUT2D eigenvalue weighted by molar-refractivity contribution is 7.89. The van der Waals surface area contributed by atoms with Crippen molar-refractivity contribution in [1.82, 2.24) is 15.1 Å². The second-order valence-electron chi connectivity index (χ2n) is 4.33. The number of nitrogen functional groups attached to an aromatic ring is 1. The number of sulfonamides is 1. The normalized spacial score (nSPS) is 11.3. The van der Waals surface area contributed by atoms with Crippen LogP contribution in [0.1, 0.15) is 10.5 Å². The van der Waals surface area contributed by atoms with Gasteiger partial charge in [-0.2, -0.15) is 5.10 Å². The van der Waals surface area contributed by atoms with Gasteiger partial charge in [-0.3, -0.25) is 4.79 Å². The van der Waals surface area contributed by atoms with Crippen LogP contribution in [-0.4, -0.2) is 36.4 Å². The Balaban J connectivity index is 2.06. The zero-order valence-corrected chi connectivity index (χ0v) is 11.9. The number of nitrogens with zero attached hydrogens (tertiary/aromatic N) is 2. The molecule has 0 fully saturated rings. The van der Waals surface area contributed by atoms with E-state index in [1.54, 1.807) is 30.5 Å². The van der Waals surface area contributed by atoms with E-state index in [4.69, 9.17) is 10.9 Å². The second-order valence-corrected chi connectivity index (χ2v) is 6.06. The first-order valence-electron chi connectivity index (χ1n) is 6.06. The van der Waals surface area contributed by atoms with E-state index in [9.17, 15) is 13.2 Å². The summed E-state index contributed by atoms with van der Waals surface area (Å²) in [5, 5.41) is 11.4. The van der Waals surface area contributed by atoms with Crippen LogP contribution >= 0.6 is 0 Å². The summed E-state index contributed by atoms with van der Waals surface area (Å²) in [6.45, 7) is -0.0714. The number of carbonyl (C=O) groups excluding carboxylic acids is 1.